The Balaban J connectivity index is 1.22. The molecule has 4 rings (SSSR count). The van der Waals surface area contributed by atoms with E-state index >= 15 is 0 Å². The van der Waals surface area contributed by atoms with E-state index in [1.54, 1.807) is 12.3 Å². The van der Waals surface area contributed by atoms with E-state index in [0.29, 0.717) is 11.8 Å². The zero-order valence-corrected chi connectivity index (χ0v) is 15.5. The maximum atomic E-state index is 5.78. The van der Waals surface area contributed by atoms with Gasteiger partial charge in [0.15, 0.2) is 0 Å². The molecule has 3 aromatic rings. The second-order valence-electron chi connectivity index (χ2n) is 6.56. The van der Waals surface area contributed by atoms with Gasteiger partial charge in [0.25, 0.3) is 0 Å². The molecule has 1 N–H and O–H groups in total. The van der Waals surface area contributed by atoms with E-state index in [0.717, 1.165) is 44.9 Å². The van der Waals surface area contributed by atoms with Crippen molar-refractivity contribution in [3.8, 4) is 5.75 Å². The van der Waals surface area contributed by atoms with Gasteiger partial charge in [-0.3, -0.25) is 4.90 Å². The van der Waals surface area contributed by atoms with E-state index in [4.69, 9.17) is 16.3 Å². The Bertz CT molecular complexity index is 840. The standard InChI is InChI=1S/C20H23ClN4O/c21-20-6-5-16(15-23-20)26-14-2-9-24-10-12-25(13-11-24)19-4-1-3-18-17(19)7-8-22-18/h1,3-8,15,22H,2,9-14H2. The monoisotopic (exact) mass is 370 g/mol. The number of rotatable bonds is 6. The highest BCUT2D eigenvalue weighted by atomic mass is 35.5. The van der Waals surface area contributed by atoms with Crippen LogP contribution < -0.4 is 9.64 Å². The Kier molecular flexibility index (Phi) is 5.27. The van der Waals surface area contributed by atoms with Crippen LogP contribution >= 0.6 is 11.6 Å². The highest BCUT2D eigenvalue weighted by Crippen LogP contribution is 2.26. The van der Waals surface area contributed by atoms with Crippen LogP contribution in [0.1, 0.15) is 6.42 Å². The van der Waals surface area contributed by atoms with Gasteiger partial charge in [0, 0.05) is 55.5 Å². The molecule has 0 unspecified atom stereocenters. The average molecular weight is 371 g/mol. The van der Waals surface area contributed by atoms with E-state index in [-0.39, 0.29) is 0 Å². The number of piperazine rings is 1. The van der Waals surface area contributed by atoms with Gasteiger partial charge in [-0.05, 0) is 36.8 Å². The number of anilines is 1. The number of hydrogen-bond donors (Lipinski definition) is 1. The fourth-order valence-corrected chi connectivity index (χ4v) is 3.59. The van der Waals surface area contributed by atoms with Crippen LogP contribution in [-0.2, 0) is 0 Å². The summed E-state index contributed by atoms with van der Waals surface area (Å²) in [6, 6.07) is 12.3. The number of nitrogens with one attached hydrogen (secondary N) is 1. The summed E-state index contributed by atoms with van der Waals surface area (Å²) in [6.45, 7) is 6.06. The van der Waals surface area contributed by atoms with Crippen molar-refractivity contribution >= 4 is 28.2 Å². The maximum Gasteiger partial charge on any atom is 0.137 e. The zero-order chi connectivity index (χ0) is 17.8. The van der Waals surface area contributed by atoms with Crippen molar-refractivity contribution in [1.29, 1.82) is 0 Å². The van der Waals surface area contributed by atoms with Crippen LogP contribution in [0.25, 0.3) is 10.9 Å². The van der Waals surface area contributed by atoms with Gasteiger partial charge in [-0.2, -0.15) is 0 Å². The van der Waals surface area contributed by atoms with E-state index in [2.05, 4.69) is 44.0 Å². The van der Waals surface area contributed by atoms with Gasteiger partial charge in [0.05, 0.1) is 12.8 Å². The van der Waals surface area contributed by atoms with Gasteiger partial charge in [0.1, 0.15) is 10.9 Å². The lowest BCUT2D eigenvalue weighted by molar-refractivity contribution is 0.224. The molecular weight excluding hydrogens is 348 g/mol. The third kappa shape index (κ3) is 3.94. The highest BCUT2D eigenvalue weighted by molar-refractivity contribution is 6.29. The van der Waals surface area contributed by atoms with Crippen molar-refractivity contribution in [2.24, 2.45) is 0 Å². The van der Waals surface area contributed by atoms with Crippen molar-refractivity contribution in [2.45, 2.75) is 6.42 Å². The summed E-state index contributed by atoms with van der Waals surface area (Å²) in [7, 11) is 0. The Morgan fingerprint density at radius 2 is 1.96 bits per heavy atom. The number of ether oxygens (including phenoxy) is 1. The van der Waals surface area contributed by atoms with Crippen LogP contribution in [0.4, 0.5) is 5.69 Å². The smallest absolute Gasteiger partial charge is 0.137 e. The lowest BCUT2D eigenvalue weighted by atomic mass is 10.1. The topological polar surface area (TPSA) is 44.4 Å². The molecule has 0 radical (unpaired) electrons. The molecule has 1 saturated heterocycles. The molecule has 0 spiro atoms. The molecule has 1 aliphatic heterocycles. The maximum absolute atomic E-state index is 5.78. The number of H-pyrrole nitrogens is 1. The van der Waals surface area contributed by atoms with Gasteiger partial charge >= 0.3 is 0 Å². The largest absolute Gasteiger partial charge is 0.492 e. The molecule has 0 bridgehead atoms. The second-order valence-corrected chi connectivity index (χ2v) is 6.95. The van der Waals surface area contributed by atoms with Crippen LogP contribution in [0.2, 0.25) is 5.15 Å². The SMILES string of the molecule is Clc1ccc(OCCCN2CCN(c3cccc4[nH]ccc34)CC2)cn1. The first-order valence-electron chi connectivity index (χ1n) is 9.07. The molecule has 0 aliphatic carbocycles. The summed E-state index contributed by atoms with van der Waals surface area (Å²) in [4.78, 5) is 12.3. The number of pyridine rings is 1. The molecule has 1 aromatic carbocycles. The average Bonchev–Trinajstić information content (AvgIpc) is 3.16. The van der Waals surface area contributed by atoms with Crippen molar-refractivity contribution in [2.75, 3.05) is 44.2 Å². The molecule has 1 fully saturated rings. The lowest BCUT2D eigenvalue weighted by Crippen LogP contribution is -2.46. The number of aromatic nitrogens is 2. The molecular formula is C20H23ClN4O. The van der Waals surface area contributed by atoms with Crippen LogP contribution in [0.15, 0.2) is 48.8 Å². The minimum absolute atomic E-state index is 0.491. The predicted molar refractivity (Wildman–Crippen MR) is 106 cm³/mol. The van der Waals surface area contributed by atoms with Gasteiger partial charge in [-0.25, -0.2) is 4.98 Å². The van der Waals surface area contributed by atoms with Crippen LogP contribution in [0.5, 0.6) is 5.75 Å². The summed E-state index contributed by atoms with van der Waals surface area (Å²) < 4.78 is 5.72. The first-order chi connectivity index (χ1) is 12.8. The fourth-order valence-electron chi connectivity index (χ4n) is 3.48. The van der Waals surface area contributed by atoms with Gasteiger partial charge in [-0.1, -0.05) is 17.7 Å². The molecule has 2 aromatic heterocycles. The molecule has 26 heavy (non-hydrogen) atoms. The minimum atomic E-state index is 0.491. The quantitative estimate of drug-likeness (QED) is 0.529. The summed E-state index contributed by atoms with van der Waals surface area (Å²) in [5, 5.41) is 1.80. The Morgan fingerprint density at radius 3 is 2.77 bits per heavy atom. The van der Waals surface area contributed by atoms with Crippen molar-refractivity contribution in [3.05, 3.63) is 53.9 Å². The van der Waals surface area contributed by atoms with Crippen LogP contribution in [0.3, 0.4) is 0 Å². The third-order valence-electron chi connectivity index (χ3n) is 4.87. The summed E-state index contributed by atoms with van der Waals surface area (Å²) >= 11 is 5.78. The summed E-state index contributed by atoms with van der Waals surface area (Å²) in [5.41, 5.74) is 2.54. The van der Waals surface area contributed by atoms with E-state index < -0.39 is 0 Å². The number of fused-ring (bicyclic) bond motifs is 1. The van der Waals surface area contributed by atoms with Crippen molar-refractivity contribution in [1.82, 2.24) is 14.9 Å². The summed E-state index contributed by atoms with van der Waals surface area (Å²) in [6.07, 6.45) is 4.69. The Labute approximate surface area is 158 Å². The van der Waals surface area contributed by atoms with E-state index in [1.165, 1.54) is 16.6 Å². The van der Waals surface area contributed by atoms with E-state index in [9.17, 15) is 0 Å². The minimum Gasteiger partial charge on any atom is -0.492 e. The molecule has 136 valence electrons. The van der Waals surface area contributed by atoms with Crippen LogP contribution in [0, 0.1) is 0 Å². The molecule has 0 atom stereocenters. The molecule has 3 heterocycles. The number of halogens is 1. The molecule has 0 amide bonds. The van der Waals surface area contributed by atoms with Gasteiger partial charge < -0.3 is 14.6 Å². The normalized spacial score (nSPS) is 15.5. The Hall–Kier alpha value is -2.24. The fraction of sp³-hybridized carbons (Fsp3) is 0.350. The number of hydrogen-bond acceptors (Lipinski definition) is 4. The second kappa shape index (κ2) is 7.98. The van der Waals surface area contributed by atoms with Crippen molar-refractivity contribution in [3.63, 3.8) is 0 Å². The van der Waals surface area contributed by atoms with E-state index in [1.807, 2.05) is 12.3 Å². The van der Waals surface area contributed by atoms with Crippen LogP contribution in [-0.4, -0.2) is 54.2 Å². The third-order valence-corrected chi connectivity index (χ3v) is 5.10. The summed E-state index contributed by atoms with van der Waals surface area (Å²) in [5.74, 6) is 0.777. The predicted octanol–water partition coefficient (Wildman–Crippen LogP) is 3.81. The molecule has 6 heteroatoms. The zero-order valence-electron chi connectivity index (χ0n) is 14.7. The number of aromatic amines is 1. The first-order valence-corrected chi connectivity index (χ1v) is 9.45. The molecule has 1 aliphatic rings. The lowest BCUT2D eigenvalue weighted by Gasteiger charge is -2.36. The Morgan fingerprint density at radius 1 is 1.08 bits per heavy atom. The molecule has 0 saturated carbocycles. The number of nitrogens with zero attached hydrogens (tertiary/aromatic N) is 3. The van der Waals surface area contributed by atoms with Gasteiger partial charge in [-0.15, -0.1) is 0 Å². The van der Waals surface area contributed by atoms with Crippen molar-refractivity contribution < 1.29 is 4.74 Å². The molecule has 5 nitrogen and oxygen atoms in total. The number of benzene rings is 1. The highest BCUT2D eigenvalue weighted by Gasteiger charge is 2.18. The van der Waals surface area contributed by atoms with Gasteiger partial charge in [0.2, 0.25) is 0 Å². The first kappa shape index (κ1) is 17.2.